The van der Waals surface area contributed by atoms with E-state index < -0.39 is 0 Å². The van der Waals surface area contributed by atoms with Gasteiger partial charge in [0.25, 0.3) is 0 Å². The van der Waals surface area contributed by atoms with Crippen molar-refractivity contribution < 1.29 is 0 Å². The predicted octanol–water partition coefficient (Wildman–Crippen LogP) is 2.39. The second-order valence-corrected chi connectivity index (χ2v) is 4.29. The van der Waals surface area contributed by atoms with Crippen molar-refractivity contribution in [2.75, 3.05) is 5.32 Å². The zero-order valence-corrected chi connectivity index (χ0v) is 9.11. The highest BCUT2D eigenvalue weighted by atomic mass is 35.5. The van der Waals surface area contributed by atoms with Crippen LogP contribution in [0, 0.1) is 0 Å². The Morgan fingerprint density at radius 1 is 1.15 bits per heavy atom. The summed E-state index contributed by atoms with van der Waals surface area (Å²) in [5, 5.41) is 10.5. The zero-order chi connectivity index (χ0) is 10.1. The van der Waals surface area contributed by atoms with Crippen LogP contribution in [0.5, 0.6) is 0 Å². The third-order valence-corrected chi connectivity index (χ3v) is 1.53. The van der Waals surface area contributed by atoms with Gasteiger partial charge in [0.15, 0.2) is 11.0 Å². The molecular formula is C7H10Cl2N4. The average molecular weight is 221 g/mol. The van der Waals surface area contributed by atoms with E-state index in [1.165, 1.54) is 0 Å². The molecule has 0 aliphatic carbocycles. The molecule has 0 aromatic carbocycles. The maximum Gasteiger partial charge on any atom is 0.245 e. The van der Waals surface area contributed by atoms with Crippen molar-refractivity contribution in [3.8, 4) is 0 Å². The predicted molar refractivity (Wildman–Crippen MR) is 53.2 cm³/mol. The van der Waals surface area contributed by atoms with Crippen molar-refractivity contribution >= 4 is 29.0 Å². The van der Waals surface area contributed by atoms with E-state index in [-0.39, 0.29) is 16.0 Å². The molecule has 0 amide bonds. The summed E-state index contributed by atoms with van der Waals surface area (Å²) >= 11 is 11.3. The summed E-state index contributed by atoms with van der Waals surface area (Å²) in [6.07, 6.45) is 0. The number of nitrogens with zero attached hydrogens (tertiary/aromatic N) is 3. The summed E-state index contributed by atoms with van der Waals surface area (Å²) in [5.41, 5.74) is -0.136. The Morgan fingerprint density at radius 2 is 1.77 bits per heavy atom. The average Bonchev–Trinajstić information content (AvgIpc) is 1.94. The van der Waals surface area contributed by atoms with Crippen LogP contribution in [0.4, 0.5) is 5.82 Å². The number of halogens is 2. The van der Waals surface area contributed by atoms with Crippen LogP contribution in [-0.4, -0.2) is 20.7 Å². The molecule has 0 unspecified atom stereocenters. The smallest absolute Gasteiger partial charge is 0.245 e. The first-order valence-electron chi connectivity index (χ1n) is 3.72. The quantitative estimate of drug-likeness (QED) is 0.790. The molecule has 13 heavy (non-hydrogen) atoms. The van der Waals surface area contributed by atoms with Crippen molar-refractivity contribution in [2.45, 2.75) is 26.3 Å². The standard InChI is InChI=1S/C7H10Cl2N4/c1-7(2,3)11-5-4(8)12-13-6(9)10-5/h1-3H3,(H,10,11,13). The maximum atomic E-state index is 5.75. The Morgan fingerprint density at radius 3 is 2.31 bits per heavy atom. The second-order valence-electron chi connectivity index (χ2n) is 3.60. The monoisotopic (exact) mass is 220 g/mol. The third kappa shape index (κ3) is 3.32. The maximum absolute atomic E-state index is 5.75. The Labute approximate surface area is 86.7 Å². The lowest BCUT2D eigenvalue weighted by Gasteiger charge is -2.21. The summed E-state index contributed by atoms with van der Waals surface area (Å²) in [6.45, 7) is 5.96. The van der Waals surface area contributed by atoms with Crippen LogP contribution in [-0.2, 0) is 0 Å². The fourth-order valence-corrected chi connectivity index (χ4v) is 0.978. The molecule has 0 saturated heterocycles. The lowest BCUT2D eigenvalue weighted by atomic mass is 10.1. The minimum absolute atomic E-state index is 0.0798. The molecule has 4 nitrogen and oxygen atoms in total. The van der Waals surface area contributed by atoms with Gasteiger partial charge >= 0.3 is 0 Å². The second kappa shape index (κ2) is 3.64. The number of aromatic nitrogens is 3. The van der Waals surface area contributed by atoms with Crippen LogP contribution < -0.4 is 5.32 Å². The minimum atomic E-state index is -0.136. The van der Waals surface area contributed by atoms with Gasteiger partial charge in [0, 0.05) is 5.54 Å². The summed E-state index contributed by atoms with van der Waals surface area (Å²) in [4.78, 5) is 3.91. The lowest BCUT2D eigenvalue weighted by molar-refractivity contribution is 0.628. The van der Waals surface area contributed by atoms with E-state index in [2.05, 4.69) is 20.5 Å². The Hall–Kier alpha value is -0.610. The van der Waals surface area contributed by atoms with Crippen LogP contribution in [0.15, 0.2) is 0 Å². The molecule has 0 bridgehead atoms. The summed E-state index contributed by atoms with van der Waals surface area (Å²) in [7, 11) is 0. The fraction of sp³-hybridized carbons (Fsp3) is 0.571. The molecule has 0 saturated carbocycles. The fourth-order valence-electron chi connectivity index (χ4n) is 0.728. The molecule has 1 rings (SSSR count). The molecule has 0 fully saturated rings. The largest absolute Gasteiger partial charge is 0.363 e. The van der Waals surface area contributed by atoms with Gasteiger partial charge in [-0.2, -0.15) is 4.98 Å². The first-order valence-corrected chi connectivity index (χ1v) is 4.48. The van der Waals surface area contributed by atoms with Gasteiger partial charge in [-0.1, -0.05) is 11.6 Å². The molecule has 1 aromatic heterocycles. The molecule has 0 atom stereocenters. The first-order chi connectivity index (χ1) is 5.88. The Kier molecular flexibility index (Phi) is 2.93. The van der Waals surface area contributed by atoms with Crippen molar-refractivity contribution in [3.05, 3.63) is 10.4 Å². The van der Waals surface area contributed by atoms with E-state index in [1.807, 2.05) is 20.8 Å². The SMILES string of the molecule is CC(C)(C)Nc1nc(Cl)nnc1Cl. The number of anilines is 1. The van der Waals surface area contributed by atoms with Gasteiger partial charge in [0.1, 0.15) is 0 Å². The minimum Gasteiger partial charge on any atom is -0.363 e. The Bertz CT molecular complexity index is 308. The normalized spacial score (nSPS) is 11.5. The topological polar surface area (TPSA) is 50.7 Å². The number of nitrogens with one attached hydrogen (secondary N) is 1. The first kappa shape index (κ1) is 10.5. The molecule has 0 spiro atoms. The summed E-state index contributed by atoms with van der Waals surface area (Å²) in [6, 6.07) is 0. The molecule has 0 aliphatic rings. The van der Waals surface area contributed by atoms with E-state index >= 15 is 0 Å². The summed E-state index contributed by atoms with van der Waals surface area (Å²) < 4.78 is 0. The van der Waals surface area contributed by atoms with Crippen LogP contribution >= 0.6 is 23.2 Å². The molecule has 1 heterocycles. The van der Waals surface area contributed by atoms with Gasteiger partial charge < -0.3 is 5.32 Å². The molecule has 1 aromatic rings. The van der Waals surface area contributed by atoms with Gasteiger partial charge in [0.05, 0.1) is 0 Å². The molecular weight excluding hydrogens is 211 g/mol. The van der Waals surface area contributed by atoms with E-state index in [0.717, 1.165) is 0 Å². The van der Waals surface area contributed by atoms with Gasteiger partial charge in [-0.3, -0.25) is 0 Å². The number of hydrogen-bond donors (Lipinski definition) is 1. The highest BCUT2D eigenvalue weighted by Gasteiger charge is 2.14. The van der Waals surface area contributed by atoms with Crippen molar-refractivity contribution in [1.29, 1.82) is 0 Å². The molecule has 1 N–H and O–H groups in total. The number of hydrogen-bond acceptors (Lipinski definition) is 4. The number of rotatable bonds is 1. The third-order valence-electron chi connectivity index (χ3n) is 1.11. The van der Waals surface area contributed by atoms with Crippen LogP contribution in [0.25, 0.3) is 0 Å². The van der Waals surface area contributed by atoms with Crippen molar-refractivity contribution in [2.24, 2.45) is 0 Å². The zero-order valence-electron chi connectivity index (χ0n) is 7.60. The molecule has 0 radical (unpaired) electrons. The van der Waals surface area contributed by atoms with E-state index in [1.54, 1.807) is 0 Å². The molecule has 0 aliphatic heterocycles. The van der Waals surface area contributed by atoms with Crippen molar-refractivity contribution in [1.82, 2.24) is 15.2 Å². The van der Waals surface area contributed by atoms with E-state index in [9.17, 15) is 0 Å². The van der Waals surface area contributed by atoms with Crippen LogP contribution in [0.3, 0.4) is 0 Å². The molecule has 72 valence electrons. The van der Waals surface area contributed by atoms with Crippen LogP contribution in [0.1, 0.15) is 20.8 Å². The van der Waals surface area contributed by atoms with Crippen molar-refractivity contribution in [3.63, 3.8) is 0 Å². The lowest BCUT2D eigenvalue weighted by Crippen LogP contribution is -2.27. The highest BCUT2D eigenvalue weighted by Crippen LogP contribution is 2.20. The molecule has 6 heteroatoms. The van der Waals surface area contributed by atoms with Gasteiger partial charge in [0.2, 0.25) is 5.28 Å². The van der Waals surface area contributed by atoms with E-state index in [0.29, 0.717) is 5.82 Å². The van der Waals surface area contributed by atoms with Crippen LogP contribution in [0.2, 0.25) is 10.4 Å². The van der Waals surface area contributed by atoms with Gasteiger partial charge in [-0.25, -0.2) is 0 Å². The Balaban J connectivity index is 2.94. The van der Waals surface area contributed by atoms with E-state index in [4.69, 9.17) is 23.2 Å². The highest BCUT2D eigenvalue weighted by molar-refractivity contribution is 6.32. The van der Waals surface area contributed by atoms with Gasteiger partial charge in [-0.15, -0.1) is 10.2 Å². The summed E-state index contributed by atoms with van der Waals surface area (Å²) in [5.74, 6) is 0.453. The van der Waals surface area contributed by atoms with Gasteiger partial charge in [-0.05, 0) is 32.4 Å².